The van der Waals surface area contributed by atoms with Gasteiger partial charge >= 0.3 is 0 Å². The van der Waals surface area contributed by atoms with Crippen molar-refractivity contribution in [3.8, 4) is 0 Å². The number of aromatic nitrogens is 3. The van der Waals surface area contributed by atoms with Crippen LogP contribution in [0.3, 0.4) is 0 Å². The predicted molar refractivity (Wildman–Crippen MR) is 95.6 cm³/mol. The number of hydrogen-bond donors (Lipinski definition) is 0. The molecule has 0 aliphatic carbocycles. The summed E-state index contributed by atoms with van der Waals surface area (Å²) in [6.07, 6.45) is 3.61. The monoisotopic (exact) mass is 381 g/mol. The minimum Gasteiger partial charge on any atom is -0.383 e. The number of hydrogen-bond acceptors (Lipinski definition) is 6. The Hall–Kier alpha value is -2.04. The van der Waals surface area contributed by atoms with Crippen molar-refractivity contribution >= 4 is 21.6 Å². The second-order valence-corrected chi connectivity index (χ2v) is 8.51. The highest BCUT2D eigenvalue weighted by Crippen LogP contribution is 2.28. The summed E-state index contributed by atoms with van der Waals surface area (Å²) in [5.74, 6) is 0.518. The van der Waals surface area contributed by atoms with Crippen molar-refractivity contribution < 1.29 is 17.9 Å². The third-order valence-electron chi connectivity index (χ3n) is 4.64. The van der Waals surface area contributed by atoms with Gasteiger partial charge in [0.1, 0.15) is 5.82 Å². The molecular formula is C16H23N5O4S. The van der Waals surface area contributed by atoms with Crippen molar-refractivity contribution in [1.82, 2.24) is 23.8 Å². The second kappa shape index (κ2) is 7.29. The molecule has 0 aromatic carbocycles. The molecule has 3 rings (SSSR count). The minimum atomic E-state index is -3.22. The summed E-state index contributed by atoms with van der Waals surface area (Å²) < 4.78 is 31.7. The van der Waals surface area contributed by atoms with Crippen LogP contribution in [0.1, 0.15) is 28.5 Å². The third-order valence-corrected chi connectivity index (χ3v) is 5.91. The first-order valence-corrected chi connectivity index (χ1v) is 10.2. The molecule has 1 unspecified atom stereocenters. The van der Waals surface area contributed by atoms with Crippen LogP contribution in [-0.2, 0) is 14.8 Å². The molecule has 3 heterocycles. The third kappa shape index (κ3) is 3.71. The summed E-state index contributed by atoms with van der Waals surface area (Å²) in [4.78, 5) is 14.2. The van der Waals surface area contributed by atoms with E-state index in [9.17, 15) is 13.2 Å². The van der Waals surface area contributed by atoms with Crippen molar-refractivity contribution in [1.29, 1.82) is 0 Å². The van der Waals surface area contributed by atoms with Crippen molar-refractivity contribution in [2.24, 2.45) is 0 Å². The topological polar surface area (TPSA) is 97.1 Å². The van der Waals surface area contributed by atoms with Gasteiger partial charge in [0.05, 0.1) is 18.4 Å². The van der Waals surface area contributed by atoms with Gasteiger partial charge < -0.3 is 9.64 Å². The van der Waals surface area contributed by atoms with E-state index in [-0.39, 0.29) is 11.8 Å². The Morgan fingerprint density at radius 2 is 2.15 bits per heavy atom. The van der Waals surface area contributed by atoms with Crippen LogP contribution in [0.15, 0.2) is 18.3 Å². The molecule has 1 amide bonds. The molecule has 0 N–H and O–H groups in total. The summed E-state index contributed by atoms with van der Waals surface area (Å²) >= 11 is 0. The van der Waals surface area contributed by atoms with Crippen LogP contribution in [0.4, 0.5) is 0 Å². The Morgan fingerprint density at radius 3 is 2.81 bits per heavy atom. The molecule has 2 aromatic rings. The maximum Gasteiger partial charge on any atom is 0.255 e. The van der Waals surface area contributed by atoms with Gasteiger partial charge in [-0.1, -0.05) is 0 Å². The van der Waals surface area contributed by atoms with Gasteiger partial charge in [-0.3, -0.25) is 9.20 Å². The molecule has 2 aromatic heterocycles. The Morgan fingerprint density at radius 1 is 1.38 bits per heavy atom. The number of amides is 1. The normalized spacial score (nSPS) is 18.5. The van der Waals surface area contributed by atoms with Gasteiger partial charge in [0.2, 0.25) is 10.0 Å². The highest BCUT2D eigenvalue weighted by Gasteiger charge is 2.32. The summed E-state index contributed by atoms with van der Waals surface area (Å²) in [5, 5.41) is 8.38. The fraction of sp³-hybridized carbons (Fsp3) is 0.562. The van der Waals surface area contributed by atoms with E-state index in [0.717, 1.165) is 0 Å². The lowest BCUT2D eigenvalue weighted by Crippen LogP contribution is -2.30. The smallest absolute Gasteiger partial charge is 0.255 e. The number of rotatable bonds is 6. The van der Waals surface area contributed by atoms with Gasteiger partial charge in [-0.25, -0.2) is 12.7 Å². The fourth-order valence-electron chi connectivity index (χ4n) is 3.10. The highest BCUT2D eigenvalue weighted by molar-refractivity contribution is 7.88. The molecule has 1 saturated heterocycles. The lowest BCUT2D eigenvalue weighted by Gasteiger charge is -2.17. The molecule has 1 atom stereocenters. The largest absolute Gasteiger partial charge is 0.383 e. The molecule has 0 radical (unpaired) electrons. The van der Waals surface area contributed by atoms with E-state index < -0.39 is 10.0 Å². The van der Waals surface area contributed by atoms with Crippen LogP contribution < -0.4 is 0 Å². The summed E-state index contributed by atoms with van der Waals surface area (Å²) in [7, 11) is 0.0960. The minimum absolute atomic E-state index is 0.0451. The van der Waals surface area contributed by atoms with Crippen LogP contribution in [0.5, 0.6) is 0 Å². The highest BCUT2D eigenvalue weighted by atomic mass is 32.2. The molecule has 10 heteroatoms. The molecule has 0 saturated carbocycles. The SMILES string of the molecule is COCCN(C)C(=O)c1ccc2nnc(C3CCN(S(C)(=O)=O)C3)n2c1. The van der Waals surface area contributed by atoms with E-state index in [4.69, 9.17) is 4.74 Å². The number of likely N-dealkylation sites (N-methyl/N-ethyl adjacent to an activating group) is 1. The van der Waals surface area contributed by atoms with Crippen LogP contribution in [0.25, 0.3) is 5.65 Å². The summed E-state index contributed by atoms with van der Waals surface area (Å²) in [6.45, 7) is 1.81. The van der Waals surface area contributed by atoms with Crippen molar-refractivity contribution in [2.45, 2.75) is 12.3 Å². The number of nitrogens with zero attached hydrogens (tertiary/aromatic N) is 5. The van der Waals surface area contributed by atoms with Crippen molar-refractivity contribution in [3.63, 3.8) is 0 Å². The molecule has 1 aliphatic rings. The van der Waals surface area contributed by atoms with E-state index in [1.54, 1.807) is 41.8 Å². The lowest BCUT2D eigenvalue weighted by atomic mass is 10.1. The van der Waals surface area contributed by atoms with Crippen molar-refractivity contribution in [2.75, 3.05) is 46.7 Å². The Bertz CT molecular complexity index is 911. The van der Waals surface area contributed by atoms with Crippen LogP contribution in [-0.4, -0.2) is 84.8 Å². The molecule has 9 nitrogen and oxygen atoms in total. The number of methoxy groups -OCH3 is 1. The van der Waals surface area contributed by atoms with Gasteiger partial charge in [-0.05, 0) is 18.6 Å². The first kappa shape index (κ1) is 18.7. The number of carbonyl (C=O) groups is 1. The number of carbonyl (C=O) groups excluding carboxylic acids is 1. The van der Waals surface area contributed by atoms with Gasteiger partial charge in [-0.15, -0.1) is 10.2 Å². The molecule has 0 bridgehead atoms. The number of ether oxygens (including phenoxy) is 1. The standard InChI is InChI=1S/C16H23N5O4S/c1-19(8-9-25-2)16(22)13-4-5-14-17-18-15(21(14)11-13)12-6-7-20(10-12)26(3,23)24/h4-5,11-12H,6-10H2,1-3H3. The Balaban J connectivity index is 1.86. The molecule has 26 heavy (non-hydrogen) atoms. The molecule has 0 spiro atoms. The summed E-state index contributed by atoms with van der Waals surface area (Å²) in [6, 6.07) is 3.47. The first-order chi connectivity index (χ1) is 12.3. The van der Waals surface area contributed by atoms with Gasteiger partial charge in [0, 0.05) is 45.9 Å². The zero-order valence-corrected chi connectivity index (χ0v) is 15.9. The maximum absolute atomic E-state index is 12.6. The molecule has 1 fully saturated rings. The Kier molecular flexibility index (Phi) is 5.26. The fourth-order valence-corrected chi connectivity index (χ4v) is 3.99. The zero-order chi connectivity index (χ0) is 18.9. The number of pyridine rings is 1. The molecule has 142 valence electrons. The van der Waals surface area contributed by atoms with Crippen LogP contribution >= 0.6 is 0 Å². The maximum atomic E-state index is 12.6. The lowest BCUT2D eigenvalue weighted by molar-refractivity contribution is 0.0743. The van der Waals surface area contributed by atoms with Crippen molar-refractivity contribution in [3.05, 3.63) is 29.7 Å². The average Bonchev–Trinajstić information content (AvgIpc) is 3.24. The zero-order valence-electron chi connectivity index (χ0n) is 15.1. The number of sulfonamides is 1. The Labute approximate surface area is 152 Å². The van der Waals surface area contributed by atoms with Gasteiger partial charge in [-0.2, -0.15) is 0 Å². The predicted octanol–water partition coefficient (Wildman–Crippen LogP) is 0.197. The van der Waals surface area contributed by atoms with E-state index in [1.165, 1.54) is 10.6 Å². The van der Waals surface area contributed by atoms with E-state index in [1.807, 2.05) is 0 Å². The van der Waals surface area contributed by atoms with Gasteiger partial charge in [0.15, 0.2) is 5.65 Å². The quantitative estimate of drug-likeness (QED) is 0.709. The van der Waals surface area contributed by atoms with Crippen LogP contribution in [0.2, 0.25) is 0 Å². The molecular weight excluding hydrogens is 358 g/mol. The molecule has 1 aliphatic heterocycles. The van der Waals surface area contributed by atoms with Crippen LogP contribution in [0, 0.1) is 0 Å². The van der Waals surface area contributed by atoms with E-state index >= 15 is 0 Å². The first-order valence-electron chi connectivity index (χ1n) is 8.35. The average molecular weight is 381 g/mol. The van der Waals surface area contributed by atoms with E-state index in [0.29, 0.717) is 49.7 Å². The summed E-state index contributed by atoms with van der Waals surface area (Å²) in [5.41, 5.74) is 1.16. The van der Waals surface area contributed by atoms with Gasteiger partial charge in [0.25, 0.3) is 5.91 Å². The number of fused-ring (bicyclic) bond motifs is 1. The second-order valence-electron chi connectivity index (χ2n) is 6.53. The van der Waals surface area contributed by atoms with E-state index in [2.05, 4.69) is 10.2 Å².